The maximum Gasteiger partial charge on any atom is 0.188 e. The molecule has 9 heteroatoms. The van der Waals surface area contributed by atoms with Gasteiger partial charge in [-0.3, -0.25) is 4.99 Å². The van der Waals surface area contributed by atoms with Gasteiger partial charge in [-0.05, 0) is 19.3 Å². The molecule has 0 aromatic carbocycles. The fourth-order valence-electron chi connectivity index (χ4n) is 2.22. The fourth-order valence-corrected chi connectivity index (χ4v) is 2.22. The molecule has 124 valence electrons. The zero-order valence-electron chi connectivity index (χ0n) is 12.2. The molecule has 0 bridgehead atoms. The molecule has 4 N–H and O–H groups in total. The van der Waals surface area contributed by atoms with Crippen LogP contribution in [0.25, 0.3) is 0 Å². The first-order chi connectivity index (χ1) is 8.81. The highest BCUT2D eigenvalue weighted by Crippen LogP contribution is 2.17. The molecule has 0 atom stereocenters. The van der Waals surface area contributed by atoms with Crippen LogP contribution in [0.5, 0.6) is 0 Å². The standard InChI is InChI=1S/C12H22N6.3ClH/c1-14-12(13)16-6-5-15-8-10-11-4-2-3-7-18(11)9-17-10;;;/h9,15H,2-8H2,1H3,(H3,13,14,16);3*1H. The largest absolute Gasteiger partial charge is 0.370 e. The van der Waals surface area contributed by atoms with Crippen molar-refractivity contribution in [1.29, 1.82) is 0 Å². The molecule has 0 spiro atoms. The lowest BCUT2D eigenvalue weighted by Gasteiger charge is -2.15. The van der Waals surface area contributed by atoms with Crippen molar-refractivity contribution < 1.29 is 0 Å². The third-order valence-corrected chi connectivity index (χ3v) is 3.24. The first kappa shape index (κ1) is 22.6. The minimum Gasteiger partial charge on any atom is -0.370 e. The molecule has 0 saturated heterocycles. The molecule has 0 aliphatic carbocycles. The number of fused-ring (bicyclic) bond motifs is 1. The molecule has 0 amide bonds. The smallest absolute Gasteiger partial charge is 0.188 e. The Morgan fingerprint density at radius 1 is 1.33 bits per heavy atom. The van der Waals surface area contributed by atoms with Gasteiger partial charge in [-0.2, -0.15) is 0 Å². The summed E-state index contributed by atoms with van der Waals surface area (Å²) in [7, 11) is 1.67. The molecule has 1 aliphatic heterocycles. The molecule has 0 radical (unpaired) electrons. The van der Waals surface area contributed by atoms with Gasteiger partial charge in [0.15, 0.2) is 5.96 Å². The highest BCUT2D eigenvalue weighted by Gasteiger charge is 2.13. The average molecular weight is 360 g/mol. The van der Waals surface area contributed by atoms with Gasteiger partial charge in [-0.25, -0.2) is 4.98 Å². The second-order valence-electron chi connectivity index (χ2n) is 4.50. The summed E-state index contributed by atoms with van der Waals surface area (Å²) < 4.78 is 2.28. The Morgan fingerprint density at radius 2 is 2.10 bits per heavy atom. The average Bonchev–Trinajstić information content (AvgIpc) is 2.81. The van der Waals surface area contributed by atoms with Gasteiger partial charge in [0.25, 0.3) is 0 Å². The zero-order valence-corrected chi connectivity index (χ0v) is 14.6. The Kier molecular flexibility index (Phi) is 12.8. The first-order valence-electron chi connectivity index (χ1n) is 6.51. The van der Waals surface area contributed by atoms with Crippen molar-refractivity contribution in [2.24, 2.45) is 10.7 Å². The summed E-state index contributed by atoms with van der Waals surface area (Å²) in [6.07, 6.45) is 5.68. The molecule has 1 aromatic heterocycles. The van der Waals surface area contributed by atoms with E-state index in [4.69, 9.17) is 5.73 Å². The Balaban J connectivity index is 0. The summed E-state index contributed by atoms with van der Waals surface area (Å²) in [6.45, 7) is 3.57. The summed E-state index contributed by atoms with van der Waals surface area (Å²) in [6, 6.07) is 0. The number of nitrogens with zero attached hydrogens (tertiary/aromatic N) is 3. The van der Waals surface area contributed by atoms with Gasteiger partial charge in [-0.15, -0.1) is 37.2 Å². The summed E-state index contributed by atoms with van der Waals surface area (Å²) >= 11 is 0. The van der Waals surface area contributed by atoms with Crippen LogP contribution in [0.15, 0.2) is 11.3 Å². The van der Waals surface area contributed by atoms with Crippen LogP contribution in [0.3, 0.4) is 0 Å². The second kappa shape index (κ2) is 11.9. The Morgan fingerprint density at radius 3 is 2.81 bits per heavy atom. The van der Waals surface area contributed by atoms with Crippen LogP contribution in [0.1, 0.15) is 24.2 Å². The Hall–Kier alpha value is -0.690. The van der Waals surface area contributed by atoms with E-state index in [0.29, 0.717) is 5.96 Å². The Bertz CT molecular complexity index is 421. The van der Waals surface area contributed by atoms with Crippen molar-refractivity contribution in [3.05, 3.63) is 17.7 Å². The summed E-state index contributed by atoms with van der Waals surface area (Å²) in [5, 5.41) is 6.38. The van der Waals surface area contributed by atoms with E-state index < -0.39 is 0 Å². The monoisotopic (exact) mass is 358 g/mol. The van der Waals surface area contributed by atoms with Crippen molar-refractivity contribution in [1.82, 2.24) is 20.2 Å². The van der Waals surface area contributed by atoms with E-state index >= 15 is 0 Å². The number of aromatic nitrogens is 2. The molecule has 2 heterocycles. The van der Waals surface area contributed by atoms with E-state index in [1.807, 2.05) is 6.33 Å². The summed E-state index contributed by atoms with van der Waals surface area (Å²) in [4.78, 5) is 8.31. The van der Waals surface area contributed by atoms with Crippen molar-refractivity contribution in [2.75, 3.05) is 20.1 Å². The van der Waals surface area contributed by atoms with Crippen LogP contribution >= 0.6 is 37.2 Å². The summed E-state index contributed by atoms with van der Waals surface area (Å²) in [5.74, 6) is 0.483. The number of aryl methyl sites for hydroxylation is 1. The highest BCUT2D eigenvalue weighted by molar-refractivity contribution is 5.86. The van der Waals surface area contributed by atoms with Crippen LogP contribution in [0, 0.1) is 0 Å². The fraction of sp³-hybridized carbons (Fsp3) is 0.667. The minimum absolute atomic E-state index is 0. The van der Waals surface area contributed by atoms with Crippen LogP contribution in [-0.2, 0) is 19.5 Å². The quantitative estimate of drug-likeness (QED) is 0.418. The number of aliphatic imine (C=N–C) groups is 1. The number of imidazole rings is 1. The van der Waals surface area contributed by atoms with Gasteiger partial charge in [0.2, 0.25) is 0 Å². The number of guanidine groups is 1. The zero-order chi connectivity index (χ0) is 12.8. The van der Waals surface area contributed by atoms with Gasteiger partial charge in [0.1, 0.15) is 0 Å². The van der Waals surface area contributed by atoms with E-state index in [-0.39, 0.29) is 37.2 Å². The van der Waals surface area contributed by atoms with Crippen LogP contribution in [-0.4, -0.2) is 35.6 Å². The van der Waals surface area contributed by atoms with E-state index in [0.717, 1.165) is 32.6 Å². The number of nitrogens with two attached hydrogens (primary N) is 1. The topological polar surface area (TPSA) is 80.3 Å². The summed E-state index contributed by atoms with van der Waals surface area (Å²) in [5.41, 5.74) is 8.12. The molecule has 1 aromatic rings. The number of nitrogens with one attached hydrogen (secondary N) is 2. The molecule has 1 aliphatic rings. The lowest BCUT2D eigenvalue weighted by Crippen LogP contribution is -2.36. The van der Waals surface area contributed by atoms with E-state index in [1.54, 1.807) is 7.05 Å². The normalized spacial score (nSPS) is 13.3. The number of rotatable bonds is 5. The molecule has 2 rings (SSSR count). The predicted octanol–water partition coefficient (Wildman–Crippen LogP) is 1.11. The highest BCUT2D eigenvalue weighted by atomic mass is 35.5. The number of hydrogen-bond acceptors (Lipinski definition) is 3. The SMILES string of the molecule is CN=C(N)NCCNCc1ncn2c1CCCC2.Cl.Cl.Cl. The Labute approximate surface area is 144 Å². The van der Waals surface area contributed by atoms with Gasteiger partial charge in [0, 0.05) is 38.9 Å². The van der Waals surface area contributed by atoms with Crippen molar-refractivity contribution in [2.45, 2.75) is 32.4 Å². The molecule has 0 fully saturated rings. The third-order valence-electron chi connectivity index (χ3n) is 3.24. The van der Waals surface area contributed by atoms with E-state index in [2.05, 4.69) is 25.2 Å². The lowest BCUT2D eigenvalue weighted by molar-refractivity contribution is 0.526. The van der Waals surface area contributed by atoms with Crippen LogP contribution < -0.4 is 16.4 Å². The number of halogens is 3. The predicted molar refractivity (Wildman–Crippen MR) is 94.2 cm³/mol. The molecule has 21 heavy (non-hydrogen) atoms. The van der Waals surface area contributed by atoms with E-state index in [9.17, 15) is 0 Å². The lowest BCUT2D eigenvalue weighted by atomic mass is 10.1. The molecule has 0 saturated carbocycles. The van der Waals surface area contributed by atoms with Gasteiger partial charge in [0.05, 0.1) is 12.0 Å². The number of hydrogen-bond donors (Lipinski definition) is 3. The molecular formula is C12H25Cl3N6. The maximum absolute atomic E-state index is 5.54. The van der Waals surface area contributed by atoms with Crippen molar-refractivity contribution >= 4 is 43.2 Å². The molecule has 6 nitrogen and oxygen atoms in total. The molecular weight excluding hydrogens is 335 g/mol. The second-order valence-corrected chi connectivity index (χ2v) is 4.50. The van der Waals surface area contributed by atoms with Crippen molar-refractivity contribution in [3.8, 4) is 0 Å². The van der Waals surface area contributed by atoms with Gasteiger partial charge in [-0.1, -0.05) is 0 Å². The van der Waals surface area contributed by atoms with Gasteiger partial charge >= 0.3 is 0 Å². The van der Waals surface area contributed by atoms with Gasteiger partial charge < -0.3 is 20.9 Å². The van der Waals surface area contributed by atoms with Crippen LogP contribution in [0.2, 0.25) is 0 Å². The third kappa shape index (κ3) is 6.74. The minimum atomic E-state index is 0. The first-order valence-corrected chi connectivity index (χ1v) is 6.51. The molecule has 0 unspecified atom stereocenters. The van der Waals surface area contributed by atoms with Crippen molar-refractivity contribution in [3.63, 3.8) is 0 Å². The maximum atomic E-state index is 5.54. The van der Waals surface area contributed by atoms with E-state index in [1.165, 1.54) is 24.2 Å². The van der Waals surface area contributed by atoms with Crippen LogP contribution in [0.4, 0.5) is 0 Å².